The molecule has 4 heteroatoms. The fourth-order valence-corrected chi connectivity index (χ4v) is 6.50. The Morgan fingerprint density at radius 2 is 2.19 bits per heavy atom. The summed E-state index contributed by atoms with van der Waals surface area (Å²) < 4.78 is 7.76. The maximum absolute atomic E-state index is 13.5. The Morgan fingerprint density at radius 1 is 1.32 bits per heavy atom. The molecule has 5 rings (SSSR count). The second-order valence-electron chi connectivity index (χ2n) is 10.1. The van der Waals surface area contributed by atoms with Crippen LogP contribution in [0.1, 0.15) is 75.0 Å². The highest BCUT2D eigenvalue weighted by atomic mass is 16.5. The largest absolute Gasteiger partial charge is 0.494 e. The Morgan fingerprint density at radius 3 is 2.97 bits per heavy atom. The first-order chi connectivity index (χ1) is 15.0. The highest BCUT2D eigenvalue weighted by molar-refractivity contribution is 6.05. The van der Waals surface area contributed by atoms with Crippen LogP contribution < -0.4 is 4.74 Å². The number of hydrogen-bond donors (Lipinski definition) is 0. The molecule has 2 fully saturated rings. The van der Waals surface area contributed by atoms with E-state index in [0.29, 0.717) is 23.5 Å². The Bertz CT molecular complexity index is 1020. The fourth-order valence-electron chi connectivity index (χ4n) is 6.50. The minimum absolute atomic E-state index is 0.198. The van der Waals surface area contributed by atoms with Crippen molar-refractivity contribution in [3.8, 4) is 5.75 Å². The molecule has 3 aliphatic rings. The zero-order chi connectivity index (χ0) is 21.6. The van der Waals surface area contributed by atoms with Crippen LogP contribution in [0.4, 0.5) is 0 Å². The van der Waals surface area contributed by atoms with Gasteiger partial charge < -0.3 is 4.74 Å². The summed E-state index contributed by atoms with van der Waals surface area (Å²) in [5.74, 6) is 3.03. The van der Waals surface area contributed by atoms with Gasteiger partial charge in [0.2, 0.25) is 0 Å². The van der Waals surface area contributed by atoms with E-state index >= 15 is 0 Å². The van der Waals surface area contributed by atoms with Crippen molar-refractivity contribution in [2.24, 2.45) is 24.3 Å². The lowest BCUT2D eigenvalue weighted by molar-refractivity contribution is -0.127. The van der Waals surface area contributed by atoms with Gasteiger partial charge in [-0.05, 0) is 91.2 Å². The number of fused-ring (bicyclic) bond motifs is 5. The molecule has 0 radical (unpaired) electrons. The molecule has 3 aliphatic carbocycles. The van der Waals surface area contributed by atoms with Gasteiger partial charge in [-0.2, -0.15) is 5.10 Å². The quantitative estimate of drug-likeness (QED) is 0.461. The molecule has 31 heavy (non-hydrogen) atoms. The summed E-state index contributed by atoms with van der Waals surface area (Å²) in [6.45, 7) is 5.23. The van der Waals surface area contributed by atoms with Crippen LogP contribution in [0.25, 0.3) is 6.08 Å². The van der Waals surface area contributed by atoms with E-state index in [1.165, 1.54) is 17.5 Å². The van der Waals surface area contributed by atoms with Gasteiger partial charge in [-0.3, -0.25) is 9.48 Å². The molecule has 0 aliphatic heterocycles. The maximum Gasteiger partial charge on any atom is 0.165 e. The number of ketones is 1. The normalized spacial score (nSPS) is 30.7. The first-order valence-corrected chi connectivity index (χ1v) is 12.0. The summed E-state index contributed by atoms with van der Waals surface area (Å²) in [6, 6.07) is 6.76. The van der Waals surface area contributed by atoms with E-state index in [4.69, 9.17) is 4.74 Å². The summed E-state index contributed by atoms with van der Waals surface area (Å²) in [6.07, 6.45) is 13.5. The predicted molar refractivity (Wildman–Crippen MR) is 123 cm³/mol. The summed E-state index contributed by atoms with van der Waals surface area (Å²) in [4.78, 5) is 13.5. The number of hydrogen-bond acceptors (Lipinski definition) is 3. The second kappa shape index (κ2) is 7.96. The molecule has 0 bridgehead atoms. The number of benzene rings is 1. The van der Waals surface area contributed by atoms with Crippen LogP contribution in [0.5, 0.6) is 5.75 Å². The van der Waals surface area contributed by atoms with E-state index in [-0.39, 0.29) is 5.41 Å². The molecule has 1 aromatic carbocycles. The molecule has 0 unspecified atom stereocenters. The van der Waals surface area contributed by atoms with E-state index in [1.54, 1.807) is 4.68 Å². The fraction of sp³-hybridized carbons (Fsp3) is 0.556. The molecule has 164 valence electrons. The lowest BCUT2D eigenvalue weighted by Crippen LogP contribution is -2.42. The molecule has 2 saturated carbocycles. The van der Waals surface area contributed by atoms with Gasteiger partial charge in [-0.15, -0.1) is 0 Å². The van der Waals surface area contributed by atoms with Crippen LogP contribution in [0.15, 0.2) is 36.2 Å². The predicted octanol–water partition coefficient (Wildman–Crippen LogP) is 5.72. The van der Waals surface area contributed by atoms with Crippen LogP contribution in [-0.2, 0) is 18.3 Å². The molecule has 0 spiro atoms. The van der Waals surface area contributed by atoms with Crippen LogP contribution in [-0.4, -0.2) is 22.2 Å². The second-order valence-corrected chi connectivity index (χ2v) is 10.1. The van der Waals surface area contributed by atoms with Crippen molar-refractivity contribution in [3.63, 3.8) is 0 Å². The van der Waals surface area contributed by atoms with Crippen molar-refractivity contribution in [1.29, 1.82) is 0 Å². The molecule has 1 heterocycles. The lowest BCUT2D eigenvalue weighted by atomic mass is 9.55. The molecule has 0 amide bonds. The molecular formula is C27H34N2O2. The van der Waals surface area contributed by atoms with Gasteiger partial charge >= 0.3 is 0 Å². The Balaban J connectivity index is 1.39. The van der Waals surface area contributed by atoms with Gasteiger partial charge in [0.15, 0.2) is 5.78 Å². The number of Topliss-reactive ketones (excluding diaryl/α,β-unsaturated/α-hetero) is 1. The van der Waals surface area contributed by atoms with Crippen molar-refractivity contribution in [3.05, 3.63) is 52.9 Å². The molecule has 2 aromatic rings. The first-order valence-electron chi connectivity index (χ1n) is 12.0. The van der Waals surface area contributed by atoms with E-state index in [9.17, 15) is 4.79 Å². The third-order valence-corrected chi connectivity index (χ3v) is 8.17. The number of carbonyl (C=O) groups is 1. The van der Waals surface area contributed by atoms with Gasteiger partial charge in [0, 0.05) is 24.2 Å². The van der Waals surface area contributed by atoms with E-state index in [1.807, 2.05) is 19.4 Å². The molecular weight excluding hydrogens is 384 g/mol. The van der Waals surface area contributed by atoms with Crippen LogP contribution in [0.3, 0.4) is 0 Å². The third-order valence-electron chi connectivity index (χ3n) is 8.17. The van der Waals surface area contributed by atoms with Crippen LogP contribution in [0, 0.1) is 17.3 Å². The number of carbonyl (C=O) groups excluding carboxylic acids is 1. The van der Waals surface area contributed by atoms with Crippen molar-refractivity contribution >= 4 is 11.9 Å². The van der Waals surface area contributed by atoms with E-state index in [0.717, 1.165) is 62.0 Å². The van der Waals surface area contributed by atoms with Gasteiger partial charge in [-0.25, -0.2) is 0 Å². The zero-order valence-corrected chi connectivity index (χ0v) is 19.1. The number of nitrogens with zero attached hydrogens (tertiary/aromatic N) is 2. The van der Waals surface area contributed by atoms with Crippen LogP contribution >= 0.6 is 0 Å². The smallest absolute Gasteiger partial charge is 0.165 e. The van der Waals surface area contributed by atoms with Gasteiger partial charge in [-0.1, -0.05) is 26.3 Å². The summed E-state index contributed by atoms with van der Waals surface area (Å²) in [5, 5.41) is 4.26. The lowest BCUT2D eigenvalue weighted by Gasteiger charge is -2.48. The topological polar surface area (TPSA) is 44.1 Å². The molecule has 1 aromatic heterocycles. The summed E-state index contributed by atoms with van der Waals surface area (Å²) in [7, 11) is 1.92. The van der Waals surface area contributed by atoms with Crippen molar-refractivity contribution in [2.75, 3.05) is 6.61 Å². The number of aromatic nitrogens is 2. The molecule has 0 N–H and O–H groups in total. The summed E-state index contributed by atoms with van der Waals surface area (Å²) in [5.41, 5.74) is 4.82. The van der Waals surface area contributed by atoms with Crippen molar-refractivity contribution < 1.29 is 9.53 Å². The average Bonchev–Trinajstić information content (AvgIpc) is 3.29. The van der Waals surface area contributed by atoms with Crippen molar-refractivity contribution in [2.45, 2.75) is 64.7 Å². The minimum Gasteiger partial charge on any atom is -0.494 e. The number of allylic oxidation sites excluding steroid dienone is 1. The van der Waals surface area contributed by atoms with Gasteiger partial charge in [0.1, 0.15) is 5.75 Å². The zero-order valence-electron chi connectivity index (χ0n) is 19.1. The SMILES string of the molecule is CCCCOc1ccc2c(c1)CC[C@H]1[C@H]3C/C(=C\c4cnn(C)c4)C(=O)[C@]3(C)CC[C@@H]21. The van der Waals surface area contributed by atoms with Gasteiger partial charge in [0.05, 0.1) is 12.8 Å². The highest BCUT2D eigenvalue weighted by Crippen LogP contribution is 2.60. The molecule has 4 nitrogen and oxygen atoms in total. The average molecular weight is 419 g/mol. The Labute approximate surface area is 185 Å². The number of rotatable bonds is 5. The standard InChI is InChI=1S/C27H34N2O2/c1-4-5-12-31-21-7-9-22-19(14-21)6-8-24-23(22)10-11-27(2)25(24)15-20(26(27)30)13-18-16-28-29(3)17-18/h7,9,13-14,16-17,23-25H,4-6,8,10-12,15H2,1-3H3/b20-13+/t23-,24+,25+,27+/m0/s1. The minimum atomic E-state index is -0.198. The Kier molecular flexibility index (Phi) is 5.27. The molecule has 4 atom stereocenters. The number of unbranched alkanes of at least 4 members (excludes halogenated alkanes) is 1. The van der Waals surface area contributed by atoms with Crippen molar-refractivity contribution in [1.82, 2.24) is 9.78 Å². The number of aryl methyl sites for hydroxylation is 2. The summed E-state index contributed by atoms with van der Waals surface area (Å²) >= 11 is 0. The molecule has 0 saturated heterocycles. The van der Waals surface area contributed by atoms with Gasteiger partial charge in [0.25, 0.3) is 0 Å². The highest BCUT2D eigenvalue weighted by Gasteiger charge is 2.56. The van der Waals surface area contributed by atoms with Crippen LogP contribution in [0.2, 0.25) is 0 Å². The maximum atomic E-state index is 13.5. The number of ether oxygens (including phenoxy) is 1. The van der Waals surface area contributed by atoms with E-state index in [2.05, 4.69) is 43.2 Å². The Hall–Kier alpha value is -2.36. The van der Waals surface area contributed by atoms with E-state index < -0.39 is 0 Å². The third kappa shape index (κ3) is 3.54. The monoisotopic (exact) mass is 418 g/mol. The first kappa shape index (κ1) is 20.5.